The summed E-state index contributed by atoms with van der Waals surface area (Å²) >= 11 is 5.45. The third-order valence-corrected chi connectivity index (χ3v) is 3.23. The summed E-state index contributed by atoms with van der Waals surface area (Å²) in [6, 6.07) is 3.50. The highest BCUT2D eigenvalue weighted by Gasteiger charge is 2.08. The fraction of sp³-hybridized carbons (Fsp3) is 0.500. The number of sulfonamides is 1. The third kappa shape index (κ3) is 4.02. The van der Waals surface area contributed by atoms with Gasteiger partial charge in [0.15, 0.2) is 0 Å². The molecule has 1 rings (SSSR count). The molecule has 0 spiro atoms. The van der Waals surface area contributed by atoms with Crippen LogP contribution in [0.5, 0.6) is 0 Å². The molecule has 0 unspecified atom stereocenters. The van der Waals surface area contributed by atoms with Gasteiger partial charge in [0.05, 0.1) is 5.75 Å². The van der Waals surface area contributed by atoms with Crippen molar-refractivity contribution in [3.05, 3.63) is 24.5 Å². The molecule has 0 atom stereocenters. The van der Waals surface area contributed by atoms with Gasteiger partial charge in [-0.3, -0.25) is 4.68 Å². The molecular formula is C8H13ClN2O2S. The zero-order chi connectivity index (χ0) is 10.4. The van der Waals surface area contributed by atoms with Crippen molar-refractivity contribution in [2.75, 3.05) is 16.5 Å². The molecule has 0 bridgehead atoms. The van der Waals surface area contributed by atoms with Gasteiger partial charge in [0.2, 0.25) is 10.0 Å². The van der Waals surface area contributed by atoms with Crippen molar-refractivity contribution in [2.24, 2.45) is 0 Å². The van der Waals surface area contributed by atoms with Crippen LogP contribution in [0.1, 0.15) is 12.8 Å². The van der Waals surface area contributed by atoms with Crippen LogP contribution >= 0.6 is 11.6 Å². The largest absolute Gasteiger partial charge is 0.262 e. The van der Waals surface area contributed by atoms with Gasteiger partial charge in [-0.15, -0.1) is 11.6 Å². The summed E-state index contributed by atoms with van der Waals surface area (Å²) in [5, 5.41) is 0. The first-order chi connectivity index (χ1) is 6.64. The molecule has 14 heavy (non-hydrogen) atoms. The fourth-order valence-corrected chi connectivity index (χ4v) is 2.30. The molecule has 0 aliphatic heterocycles. The molecule has 1 heterocycles. The number of rotatable bonds is 6. The molecule has 6 heteroatoms. The van der Waals surface area contributed by atoms with Crippen molar-refractivity contribution in [1.29, 1.82) is 0 Å². The van der Waals surface area contributed by atoms with E-state index in [1.807, 2.05) is 0 Å². The average Bonchev–Trinajstić information content (AvgIpc) is 2.56. The highest BCUT2D eigenvalue weighted by atomic mass is 35.5. The van der Waals surface area contributed by atoms with Crippen molar-refractivity contribution in [1.82, 2.24) is 4.68 Å². The quantitative estimate of drug-likeness (QED) is 0.599. The molecule has 4 nitrogen and oxygen atoms in total. The van der Waals surface area contributed by atoms with E-state index >= 15 is 0 Å². The zero-order valence-electron chi connectivity index (χ0n) is 7.69. The van der Waals surface area contributed by atoms with Crippen LogP contribution in [-0.4, -0.2) is 24.7 Å². The maximum absolute atomic E-state index is 11.4. The number of nitrogens with zero attached hydrogens (tertiary/aromatic N) is 1. The van der Waals surface area contributed by atoms with E-state index in [9.17, 15) is 8.42 Å². The predicted molar refractivity (Wildman–Crippen MR) is 57.5 cm³/mol. The lowest BCUT2D eigenvalue weighted by molar-refractivity contribution is 0.592. The topological polar surface area (TPSA) is 51.1 Å². The summed E-state index contributed by atoms with van der Waals surface area (Å²) in [5.41, 5.74) is 0. The molecule has 1 aromatic rings. The van der Waals surface area contributed by atoms with Gasteiger partial charge in [-0.1, -0.05) is 0 Å². The van der Waals surface area contributed by atoms with Gasteiger partial charge in [-0.2, -0.15) is 0 Å². The van der Waals surface area contributed by atoms with Crippen LogP contribution < -0.4 is 4.83 Å². The Hall–Kier alpha value is -0.680. The first-order valence-corrected chi connectivity index (χ1v) is 6.52. The number of hydrogen-bond donors (Lipinski definition) is 1. The minimum absolute atomic E-state index is 0.109. The van der Waals surface area contributed by atoms with E-state index in [0.29, 0.717) is 18.7 Å². The van der Waals surface area contributed by atoms with Crippen molar-refractivity contribution >= 4 is 21.6 Å². The van der Waals surface area contributed by atoms with Crippen LogP contribution in [0.25, 0.3) is 0 Å². The summed E-state index contributed by atoms with van der Waals surface area (Å²) in [4.78, 5) is 2.40. The van der Waals surface area contributed by atoms with Gasteiger partial charge in [0.25, 0.3) is 0 Å². The first-order valence-electron chi connectivity index (χ1n) is 4.33. The van der Waals surface area contributed by atoms with Gasteiger partial charge in [-0.25, -0.2) is 13.2 Å². The SMILES string of the molecule is O=S(=O)(CCCCCl)Nn1cccc1. The number of alkyl halides is 1. The molecule has 0 amide bonds. The molecule has 0 radical (unpaired) electrons. The van der Waals surface area contributed by atoms with Crippen molar-refractivity contribution in [3.63, 3.8) is 0 Å². The van der Waals surface area contributed by atoms with E-state index in [0.717, 1.165) is 0 Å². The average molecular weight is 237 g/mol. The molecule has 0 aromatic carbocycles. The van der Waals surface area contributed by atoms with Crippen LogP contribution in [0.4, 0.5) is 0 Å². The van der Waals surface area contributed by atoms with E-state index in [-0.39, 0.29) is 5.75 Å². The van der Waals surface area contributed by atoms with Gasteiger partial charge < -0.3 is 0 Å². The van der Waals surface area contributed by atoms with Crippen LogP contribution in [-0.2, 0) is 10.0 Å². The third-order valence-electron chi connectivity index (χ3n) is 1.65. The Bertz CT molecular complexity index is 347. The van der Waals surface area contributed by atoms with Crippen molar-refractivity contribution < 1.29 is 8.42 Å². The highest BCUT2D eigenvalue weighted by Crippen LogP contribution is 1.98. The second-order valence-electron chi connectivity index (χ2n) is 2.90. The highest BCUT2D eigenvalue weighted by molar-refractivity contribution is 7.92. The Morgan fingerprint density at radius 1 is 1.21 bits per heavy atom. The monoisotopic (exact) mass is 236 g/mol. The van der Waals surface area contributed by atoms with E-state index in [1.165, 1.54) is 4.68 Å². The standard InChI is InChI=1S/C8H13ClN2O2S/c9-5-1-4-8-14(12,13)10-11-6-2-3-7-11/h2-3,6-7,10H,1,4-5,8H2. The molecular weight excluding hydrogens is 224 g/mol. The van der Waals surface area contributed by atoms with Gasteiger partial charge in [0.1, 0.15) is 0 Å². The number of nitrogens with one attached hydrogen (secondary N) is 1. The molecule has 0 fully saturated rings. The first kappa shape index (κ1) is 11.4. The van der Waals surface area contributed by atoms with E-state index in [2.05, 4.69) is 4.83 Å². The maximum atomic E-state index is 11.4. The zero-order valence-corrected chi connectivity index (χ0v) is 9.26. The Balaban J connectivity index is 2.42. The van der Waals surface area contributed by atoms with Crippen molar-refractivity contribution in [3.8, 4) is 0 Å². The Morgan fingerprint density at radius 2 is 1.86 bits per heavy atom. The summed E-state index contributed by atoms with van der Waals surface area (Å²) in [6.45, 7) is 0. The van der Waals surface area contributed by atoms with E-state index < -0.39 is 10.0 Å². The van der Waals surface area contributed by atoms with Gasteiger partial charge in [0, 0.05) is 18.3 Å². The lowest BCUT2D eigenvalue weighted by Gasteiger charge is -2.07. The van der Waals surface area contributed by atoms with Crippen LogP contribution in [0, 0.1) is 0 Å². The second-order valence-corrected chi connectivity index (χ2v) is 5.09. The molecule has 1 N–H and O–H groups in total. The lowest BCUT2D eigenvalue weighted by Crippen LogP contribution is -2.24. The van der Waals surface area contributed by atoms with Crippen LogP contribution in [0.2, 0.25) is 0 Å². The normalized spacial score (nSPS) is 11.5. The maximum Gasteiger partial charge on any atom is 0.246 e. The minimum atomic E-state index is -3.22. The number of halogens is 1. The molecule has 80 valence electrons. The number of hydrogen-bond acceptors (Lipinski definition) is 2. The summed E-state index contributed by atoms with van der Waals surface area (Å²) in [5.74, 6) is 0.608. The summed E-state index contributed by atoms with van der Waals surface area (Å²) < 4.78 is 24.2. The minimum Gasteiger partial charge on any atom is -0.262 e. The summed E-state index contributed by atoms with van der Waals surface area (Å²) in [6.07, 6.45) is 4.58. The van der Waals surface area contributed by atoms with Gasteiger partial charge >= 0.3 is 0 Å². The van der Waals surface area contributed by atoms with E-state index in [1.54, 1.807) is 24.5 Å². The van der Waals surface area contributed by atoms with Gasteiger partial charge in [-0.05, 0) is 25.0 Å². The van der Waals surface area contributed by atoms with Crippen LogP contribution in [0.3, 0.4) is 0 Å². The molecule has 0 saturated heterocycles. The predicted octanol–water partition coefficient (Wildman–Crippen LogP) is 1.38. The number of unbranched alkanes of at least 4 members (excludes halogenated alkanes) is 1. The Morgan fingerprint density at radius 3 is 2.43 bits per heavy atom. The molecule has 0 aliphatic carbocycles. The summed E-state index contributed by atoms with van der Waals surface area (Å²) in [7, 11) is -3.22. The van der Waals surface area contributed by atoms with Crippen LogP contribution in [0.15, 0.2) is 24.5 Å². The number of aromatic nitrogens is 1. The Labute approximate surface area is 88.9 Å². The van der Waals surface area contributed by atoms with E-state index in [4.69, 9.17) is 11.6 Å². The Kier molecular flexibility index (Phi) is 4.28. The lowest BCUT2D eigenvalue weighted by atomic mass is 10.4. The molecule has 0 aliphatic rings. The fourth-order valence-electron chi connectivity index (χ4n) is 0.988. The smallest absolute Gasteiger partial charge is 0.246 e. The second kappa shape index (κ2) is 5.26. The molecule has 1 aromatic heterocycles. The molecule has 0 saturated carbocycles. The van der Waals surface area contributed by atoms with Crippen molar-refractivity contribution in [2.45, 2.75) is 12.8 Å².